The Balaban J connectivity index is 1.15. The SMILES string of the molecule is Cc1cc(N2CCCC2=O)ccc1C(C)C(=O)Nc1cc(C2CC[C@H](OC(=O)NC3(C)CC3)C2)[nH]n1. The number of anilines is 2. The second-order valence-electron chi connectivity index (χ2n) is 10.8. The molecule has 2 aromatic rings. The van der Waals surface area contributed by atoms with Crippen molar-refractivity contribution in [1.82, 2.24) is 15.5 Å². The zero-order valence-corrected chi connectivity index (χ0v) is 21.2. The third-order valence-corrected chi connectivity index (χ3v) is 7.85. The Kier molecular flexibility index (Phi) is 6.49. The van der Waals surface area contributed by atoms with Crippen LogP contribution in [-0.2, 0) is 14.3 Å². The van der Waals surface area contributed by atoms with Crippen molar-refractivity contribution in [2.24, 2.45) is 0 Å². The van der Waals surface area contributed by atoms with Gasteiger partial charge in [0.05, 0.1) is 5.92 Å². The van der Waals surface area contributed by atoms with Crippen molar-refractivity contribution in [3.63, 3.8) is 0 Å². The molecule has 36 heavy (non-hydrogen) atoms. The first-order valence-corrected chi connectivity index (χ1v) is 13.0. The van der Waals surface area contributed by atoms with Gasteiger partial charge in [0.1, 0.15) is 6.10 Å². The highest BCUT2D eigenvalue weighted by Crippen LogP contribution is 2.37. The number of H-pyrrole nitrogens is 1. The molecule has 3 aliphatic rings. The van der Waals surface area contributed by atoms with Gasteiger partial charge >= 0.3 is 6.09 Å². The van der Waals surface area contributed by atoms with Gasteiger partial charge in [-0.15, -0.1) is 0 Å². The first-order chi connectivity index (χ1) is 17.2. The van der Waals surface area contributed by atoms with Crippen LogP contribution in [0.5, 0.6) is 0 Å². The number of benzene rings is 1. The largest absolute Gasteiger partial charge is 0.446 e. The Bertz CT molecular complexity index is 1170. The highest BCUT2D eigenvalue weighted by atomic mass is 16.6. The molecule has 1 aromatic carbocycles. The van der Waals surface area contributed by atoms with Crippen molar-refractivity contribution < 1.29 is 19.1 Å². The van der Waals surface area contributed by atoms with Gasteiger partial charge in [0.25, 0.3) is 0 Å². The van der Waals surface area contributed by atoms with Crippen LogP contribution in [0.3, 0.4) is 0 Å². The molecule has 2 unspecified atom stereocenters. The summed E-state index contributed by atoms with van der Waals surface area (Å²) in [5.41, 5.74) is 3.65. The highest BCUT2D eigenvalue weighted by molar-refractivity contribution is 5.96. The van der Waals surface area contributed by atoms with E-state index in [1.54, 1.807) is 0 Å². The summed E-state index contributed by atoms with van der Waals surface area (Å²) >= 11 is 0. The van der Waals surface area contributed by atoms with Crippen molar-refractivity contribution >= 4 is 29.4 Å². The number of hydrogen-bond acceptors (Lipinski definition) is 5. The number of ether oxygens (including phenoxy) is 1. The van der Waals surface area contributed by atoms with Crippen LogP contribution >= 0.6 is 0 Å². The van der Waals surface area contributed by atoms with Gasteiger partial charge in [0, 0.05) is 41.9 Å². The van der Waals surface area contributed by atoms with Gasteiger partial charge in [-0.2, -0.15) is 5.10 Å². The van der Waals surface area contributed by atoms with E-state index >= 15 is 0 Å². The molecule has 3 amide bonds. The highest BCUT2D eigenvalue weighted by Gasteiger charge is 2.40. The molecule has 1 saturated heterocycles. The Labute approximate surface area is 211 Å². The molecule has 192 valence electrons. The summed E-state index contributed by atoms with van der Waals surface area (Å²) in [6.07, 6.45) is 5.48. The van der Waals surface area contributed by atoms with Crippen molar-refractivity contribution in [2.75, 3.05) is 16.8 Å². The number of aromatic nitrogens is 2. The van der Waals surface area contributed by atoms with E-state index < -0.39 is 0 Å². The van der Waals surface area contributed by atoms with E-state index in [4.69, 9.17) is 4.74 Å². The topological polar surface area (TPSA) is 116 Å². The molecule has 2 aliphatic carbocycles. The fourth-order valence-electron chi connectivity index (χ4n) is 5.29. The van der Waals surface area contributed by atoms with Gasteiger partial charge in [-0.1, -0.05) is 6.07 Å². The molecule has 5 rings (SSSR count). The Morgan fingerprint density at radius 1 is 1.25 bits per heavy atom. The monoisotopic (exact) mass is 493 g/mol. The number of hydrogen-bond donors (Lipinski definition) is 3. The molecule has 3 atom stereocenters. The maximum Gasteiger partial charge on any atom is 0.407 e. The lowest BCUT2D eigenvalue weighted by atomic mass is 9.95. The number of rotatable bonds is 7. The van der Waals surface area contributed by atoms with E-state index in [1.807, 2.05) is 49.9 Å². The van der Waals surface area contributed by atoms with E-state index in [-0.39, 0.29) is 41.4 Å². The molecule has 1 aliphatic heterocycles. The number of amides is 3. The maximum absolute atomic E-state index is 13.0. The molecular formula is C27H35N5O4. The quantitative estimate of drug-likeness (QED) is 0.525. The van der Waals surface area contributed by atoms with Crippen LogP contribution in [0, 0.1) is 6.92 Å². The van der Waals surface area contributed by atoms with E-state index in [2.05, 4.69) is 20.8 Å². The van der Waals surface area contributed by atoms with E-state index in [0.717, 1.165) is 67.6 Å². The van der Waals surface area contributed by atoms with Crippen molar-refractivity contribution in [3.8, 4) is 0 Å². The number of aryl methyl sites for hydroxylation is 1. The minimum absolute atomic E-state index is 0.0871. The molecule has 9 nitrogen and oxygen atoms in total. The zero-order chi connectivity index (χ0) is 25.4. The van der Waals surface area contributed by atoms with Crippen LogP contribution in [0.4, 0.5) is 16.3 Å². The summed E-state index contributed by atoms with van der Waals surface area (Å²) in [6, 6.07) is 7.72. The predicted octanol–water partition coefficient (Wildman–Crippen LogP) is 4.50. The Morgan fingerprint density at radius 3 is 2.75 bits per heavy atom. The second kappa shape index (κ2) is 9.59. The molecule has 3 N–H and O–H groups in total. The van der Waals surface area contributed by atoms with Gasteiger partial charge in [-0.05, 0) is 82.6 Å². The fraction of sp³-hybridized carbons (Fsp3) is 0.556. The molecule has 3 fully saturated rings. The van der Waals surface area contributed by atoms with Crippen molar-refractivity contribution in [1.29, 1.82) is 0 Å². The summed E-state index contributed by atoms with van der Waals surface area (Å²) in [6.45, 7) is 6.62. The molecule has 0 spiro atoms. The van der Waals surface area contributed by atoms with E-state index in [1.165, 1.54) is 0 Å². The molecule has 0 bridgehead atoms. The summed E-state index contributed by atoms with van der Waals surface area (Å²) in [4.78, 5) is 39.0. The lowest BCUT2D eigenvalue weighted by Crippen LogP contribution is -2.36. The van der Waals surface area contributed by atoms with Crippen molar-refractivity contribution in [2.45, 2.75) is 89.2 Å². The molecule has 2 saturated carbocycles. The molecule has 2 heterocycles. The summed E-state index contributed by atoms with van der Waals surface area (Å²) in [5.74, 6) is 0.336. The van der Waals surface area contributed by atoms with Gasteiger partial charge in [0.2, 0.25) is 11.8 Å². The first kappa shape index (κ1) is 24.3. The Morgan fingerprint density at radius 2 is 2.06 bits per heavy atom. The van der Waals surface area contributed by atoms with Crippen molar-refractivity contribution in [3.05, 3.63) is 41.1 Å². The zero-order valence-electron chi connectivity index (χ0n) is 21.2. The first-order valence-electron chi connectivity index (χ1n) is 13.0. The minimum Gasteiger partial charge on any atom is -0.446 e. The van der Waals surface area contributed by atoms with Gasteiger partial charge in [-0.3, -0.25) is 14.7 Å². The predicted molar refractivity (Wildman–Crippen MR) is 136 cm³/mol. The second-order valence-corrected chi connectivity index (χ2v) is 10.8. The fourth-order valence-corrected chi connectivity index (χ4v) is 5.29. The van der Waals surface area contributed by atoms with E-state index in [0.29, 0.717) is 12.2 Å². The van der Waals surface area contributed by atoms with Gasteiger partial charge in [-0.25, -0.2) is 4.79 Å². The number of carbonyl (C=O) groups excluding carboxylic acids is 3. The molecular weight excluding hydrogens is 458 g/mol. The summed E-state index contributed by atoms with van der Waals surface area (Å²) in [5, 5.41) is 13.2. The minimum atomic E-state index is -0.371. The lowest BCUT2D eigenvalue weighted by molar-refractivity contribution is -0.118. The van der Waals surface area contributed by atoms with E-state index in [9.17, 15) is 14.4 Å². The van der Waals surface area contributed by atoms with Crippen LogP contribution in [0.15, 0.2) is 24.3 Å². The average Bonchev–Trinajstić information content (AvgIpc) is 3.25. The summed E-state index contributed by atoms with van der Waals surface area (Å²) < 4.78 is 5.61. The molecule has 0 radical (unpaired) electrons. The number of nitrogens with one attached hydrogen (secondary N) is 3. The number of carbonyl (C=O) groups is 3. The van der Waals surface area contributed by atoms with Crippen LogP contribution in [0.1, 0.15) is 87.4 Å². The number of alkyl carbamates (subject to hydrolysis) is 1. The van der Waals surface area contributed by atoms with Crippen LogP contribution in [0.2, 0.25) is 0 Å². The molecule has 1 aromatic heterocycles. The third-order valence-electron chi connectivity index (χ3n) is 7.85. The smallest absolute Gasteiger partial charge is 0.407 e. The third kappa shape index (κ3) is 5.24. The standard InChI is InChI=1S/C27H35N5O4/c1-16-13-19(32-12-4-5-24(32)33)7-9-21(16)17(2)25(34)28-23-15-22(30-31-23)18-6-8-20(14-18)36-26(35)29-27(3)10-11-27/h7,9,13,15,17-18,20H,4-6,8,10-12,14H2,1-3H3,(H,29,35)(H2,28,30,31,34)/t17?,18?,20-/m0/s1. The summed E-state index contributed by atoms with van der Waals surface area (Å²) in [7, 11) is 0. The van der Waals surface area contributed by atoms with Crippen LogP contribution < -0.4 is 15.5 Å². The van der Waals surface area contributed by atoms with Crippen LogP contribution in [-0.4, -0.2) is 46.3 Å². The normalized spacial score (nSPS) is 23.4. The molecule has 9 heteroatoms. The average molecular weight is 494 g/mol. The number of aromatic amines is 1. The van der Waals surface area contributed by atoms with Gasteiger partial charge in [0.15, 0.2) is 5.82 Å². The van der Waals surface area contributed by atoms with Crippen LogP contribution in [0.25, 0.3) is 0 Å². The van der Waals surface area contributed by atoms with Gasteiger partial charge < -0.3 is 20.3 Å². The maximum atomic E-state index is 13.0. The Hall–Kier alpha value is -3.36. The lowest BCUT2D eigenvalue weighted by Gasteiger charge is -2.19. The number of nitrogens with zero attached hydrogens (tertiary/aromatic N) is 2.